The monoisotopic (exact) mass is 303 g/mol. The minimum atomic E-state index is 0.475. The van der Waals surface area contributed by atoms with Gasteiger partial charge in [0.1, 0.15) is 5.75 Å². The second-order valence-corrected chi connectivity index (χ2v) is 5.10. The first kappa shape index (κ1) is 10.1. The maximum Gasteiger partial charge on any atom is 0.122 e. The van der Waals surface area contributed by atoms with Gasteiger partial charge in [0.15, 0.2) is 0 Å². The molecule has 0 amide bonds. The number of rotatable bonds is 3. The molecule has 0 bridgehead atoms. The Morgan fingerprint density at radius 1 is 1.29 bits per heavy atom. The van der Waals surface area contributed by atoms with Gasteiger partial charge in [-0.25, -0.2) is 0 Å². The molecule has 0 atom stereocenters. The molecule has 0 radical (unpaired) electrons. The Balaban J connectivity index is 2.21. The fraction of sp³-hybridized carbons (Fsp3) is 0.455. The van der Waals surface area contributed by atoms with Gasteiger partial charge < -0.3 is 9.64 Å². The quantitative estimate of drug-likeness (QED) is 0.796. The van der Waals surface area contributed by atoms with Gasteiger partial charge in [0.05, 0.1) is 6.10 Å². The van der Waals surface area contributed by atoms with Crippen molar-refractivity contribution < 1.29 is 4.74 Å². The highest BCUT2D eigenvalue weighted by molar-refractivity contribution is 14.1. The van der Waals surface area contributed by atoms with Gasteiger partial charge in [0.2, 0.25) is 0 Å². The van der Waals surface area contributed by atoms with E-state index in [4.69, 9.17) is 4.74 Å². The molecule has 0 N–H and O–H groups in total. The van der Waals surface area contributed by atoms with Crippen LogP contribution in [0.25, 0.3) is 0 Å². The van der Waals surface area contributed by atoms with Crippen molar-refractivity contribution in [3.05, 3.63) is 21.8 Å². The number of hydrogen-bond donors (Lipinski definition) is 0. The third-order valence-electron chi connectivity index (χ3n) is 2.20. The summed E-state index contributed by atoms with van der Waals surface area (Å²) in [6.07, 6.45) is 2.90. The second kappa shape index (κ2) is 3.96. The van der Waals surface area contributed by atoms with E-state index in [9.17, 15) is 0 Å². The number of ether oxygens (including phenoxy) is 1. The highest BCUT2D eigenvalue weighted by Crippen LogP contribution is 2.30. The predicted octanol–water partition coefficient (Wildman–Crippen LogP) is 2.90. The van der Waals surface area contributed by atoms with Gasteiger partial charge in [-0.15, -0.1) is 0 Å². The van der Waals surface area contributed by atoms with E-state index in [-0.39, 0.29) is 0 Å². The van der Waals surface area contributed by atoms with Crippen molar-refractivity contribution in [2.75, 3.05) is 19.0 Å². The normalized spacial score (nSPS) is 15.4. The van der Waals surface area contributed by atoms with Crippen LogP contribution in [-0.2, 0) is 0 Å². The molecule has 2 rings (SSSR count). The topological polar surface area (TPSA) is 12.5 Å². The molecule has 0 unspecified atom stereocenters. The largest absolute Gasteiger partial charge is 0.490 e. The minimum absolute atomic E-state index is 0.475. The smallest absolute Gasteiger partial charge is 0.122 e. The van der Waals surface area contributed by atoms with Crippen molar-refractivity contribution in [1.29, 1.82) is 0 Å². The van der Waals surface area contributed by atoms with E-state index >= 15 is 0 Å². The number of anilines is 1. The van der Waals surface area contributed by atoms with Crippen LogP contribution in [0.15, 0.2) is 18.2 Å². The van der Waals surface area contributed by atoms with E-state index in [1.54, 1.807) is 0 Å². The molecule has 1 aliphatic carbocycles. The van der Waals surface area contributed by atoms with E-state index in [1.165, 1.54) is 22.1 Å². The SMILES string of the molecule is CN(C)c1cc(I)cc(OC2CC2)c1. The Kier molecular flexibility index (Phi) is 2.85. The maximum atomic E-state index is 5.77. The summed E-state index contributed by atoms with van der Waals surface area (Å²) in [5.41, 5.74) is 1.20. The van der Waals surface area contributed by atoms with Crippen LogP contribution < -0.4 is 9.64 Å². The van der Waals surface area contributed by atoms with E-state index in [0.29, 0.717) is 6.10 Å². The maximum absolute atomic E-state index is 5.77. The van der Waals surface area contributed by atoms with Gasteiger partial charge in [-0.05, 0) is 47.6 Å². The van der Waals surface area contributed by atoms with Crippen molar-refractivity contribution in [3.8, 4) is 5.75 Å². The van der Waals surface area contributed by atoms with Crippen molar-refractivity contribution >= 4 is 28.3 Å². The van der Waals surface area contributed by atoms with Crippen molar-refractivity contribution in [2.45, 2.75) is 18.9 Å². The van der Waals surface area contributed by atoms with Crippen LogP contribution >= 0.6 is 22.6 Å². The minimum Gasteiger partial charge on any atom is -0.490 e. The Morgan fingerprint density at radius 2 is 2.00 bits per heavy atom. The summed E-state index contributed by atoms with van der Waals surface area (Å²) in [6.45, 7) is 0. The Bertz CT molecular complexity index is 334. The number of halogens is 1. The Morgan fingerprint density at radius 3 is 2.57 bits per heavy atom. The van der Waals surface area contributed by atoms with Gasteiger partial charge in [0, 0.05) is 29.4 Å². The molecule has 1 saturated carbocycles. The van der Waals surface area contributed by atoms with E-state index in [1.807, 2.05) is 14.1 Å². The van der Waals surface area contributed by atoms with E-state index in [2.05, 4.69) is 45.7 Å². The summed E-state index contributed by atoms with van der Waals surface area (Å²) < 4.78 is 6.99. The van der Waals surface area contributed by atoms with Crippen molar-refractivity contribution in [1.82, 2.24) is 0 Å². The fourth-order valence-electron chi connectivity index (χ4n) is 1.25. The van der Waals surface area contributed by atoms with Crippen molar-refractivity contribution in [3.63, 3.8) is 0 Å². The molecule has 3 heteroatoms. The lowest BCUT2D eigenvalue weighted by atomic mass is 10.3. The van der Waals surface area contributed by atoms with Gasteiger partial charge >= 0.3 is 0 Å². The van der Waals surface area contributed by atoms with Crippen molar-refractivity contribution in [2.24, 2.45) is 0 Å². The number of nitrogens with zero attached hydrogens (tertiary/aromatic N) is 1. The fourth-order valence-corrected chi connectivity index (χ4v) is 1.88. The summed E-state index contributed by atoms with van der Waals surface area (Å²) in [7, 11) is 4.10. The molecular weight excluding hydrogens is 289 g/mol. The van der Waals surface area contributed by atoms with Crippen LogP contribution in [-0.4, -0.2) is 20.2 Å². The van der Waals surface area contributed by atoms with E-state index < -0.39 is 0 Å². The van der Waals surface area contributed by atoms with Gasteiger partial charge in [-0.1, -0.05) is 0 Å². The highest BCUT2D eigenvalue weighted by Gasteiger charge is 2.23. The van der Waals surface area contributed by atoms with Gasteiger partial charge in [-0.2, -0.15) is 0 Å². The molecule has 14 heavy (non-hydrogen) atoms. The molecule has 0 aromatic heterocycles. The van der Waals surface area contributed by atoms with Gasteiger partial charge in [-0.3, -0.25) is 0 Å². The number of benzene rings is 1. The van der Waals surface area contributed by atoms with Crippen LogP contribution in [0.1, 0.15) is 12.8 Å². The first-order valence-corrected chi connectivity index (χ1v) is 5.87. The average molecular weight is 303 g/mol. The molecule has 1 aliphatic rings. The summed E-state index contributed by atoms with van der Waals surface area (Å²) in [5.74, 6) is 1.00. The molecule has 0 heterocycles. The lowest BCUT2D eigenvalue weighted by Gasteiger charge is -2.14. The van der Waals surface area contributed by atoms with E-state index in [0.717, 1.165) is 5.75 Å². The molecule has 0 aliphatic heterocycles. The first-order chi connectivity index (χ1) is 6.65. The number of hydrogen-bond acceptors (Lipinski definition) is 2. The molecule has 1 aromatic carbocycles. The molecule has 76 valence electrons. The van der Waals surface area contributed by atoms with Crippen LogP contribution in [0.3, 0.4) is 0 Å². The highest BCUT2D eigenvalue weighted by atomic mass is 127. The summed E-state index contributed by atoms with van der Waals surface area (Å²) in [5, 5.41) is 0. The lowest BCUT2D eigenvalue weighted by Crippen LogP contribution is -2.09. The Labute approximate surface area is 98.4 Å². The zero-order valence-electron chi connectivity index (χ0n) is 8.46. The zero-order valence-corrected chi connectivity index (χ0v) is 10.6. The van der Waals surface area contributed by atoms with Crippen LogP contribution in [0.5, 0.6) is 5.75 Å². The third-order valence-corrected chi connectivity index (χ3v) is 2.82. The summed E-state index contributed by atoms with van der Waals surface area (Å²) >= 11 is 2.32. The first-order valence-electron chi connectivity index (χ1n) is 4.80. The summed E-state index contributed by atoms with van der Waals surface area (Å²) in [6, 6.07) is 6.34. The molecule has 1 aromatic rings. The standard InChI is InChI=1S/C11H14INO/c1-13(2)9-5-8(12)6-11(7-9)14-10-3-4-10/h5-7,10H,3-4H2,1-2H3. The lowest BCUT2D eigenvalue weighted by molar-refractivity contribution is 0.303. The molecule has 0 saturated heterocycles. The Hall–Kier alpha value is -0.450. The summed E-state index contributed by atoms with van der Waals surface area (Å²) in [4.78, 5) is 2.10. The molecule has 2 nitrogen and oxygen atoms in total. The third kappa shape index (κ3) is 2.53. The van der Waals surface area contributed by atoms with Gasteiger partial charge in [0.25, 0.3) is 0 Å². The van der Waals surface area contributed by atoms with Crippen LogP contribution in [0, 0.1) is 3.57 Å². The second-order valence-electron chi connectivity index (χ2n) is 3.86. The zero-order chi connectivity index (χ0) is 10.1. The average Bonchev–Trinajstić information content (AvgIpc) is 2.87. The molecule has 1 fully saturated rings. The van der Waals surface area contributed by atoms with Crippen LogP contribution in [0.4, 0.5) is 5.69 Å². The molecule has 0 spiro atoms. The predicted molar refractivity (Wildman–Crippen MR) is 67.1 cm³/mol. The van der Waals surface area contributed by atoms with Crippen LogP contribution in [0.2, 0.25) is 0 Å². The molecular formula is C11H14INO.